The smallest absolute Gasteiger partial charge is 0.407 e. The third-order valence-electron chi connectivity index (χ3n) is 6.74. The summed E-state index contributed by atoms with van der Waals surface area (Å²) >= 11 is 1.42. The third-order valence-corrected chi connectivity index (χ3v) is 7.64. The van der Waals surface area contributed by atoms with E-state index in [1.165, 1.54) is 16.2 Å². The summed E-state index contributed by atoms with van der Waals surface area (Å²) in [6.07, 6.45) is 4.62. The monoisotopic (exact) mass is 551 g/mol. The minimum absolute atomic E-state index is 0.0202. The highest BCUT2D eigenvalue weighted by atomic mass is 32.1. The maximum Gasteiger partial charge on any atom is 0.407 e. The van der Waals surface area contributed by atoms with E-state index in [2.05, 4.69) is 25.6 Å². The average molecular weight is 552 g/mol. The molecule has 0 radical (unpaired) electrons. The van der Waals surface area contributed by atoms with Gasteiger partial charge in [-0.25, -0.2) is 14.6 Å². The van der Waals surface area contributed by atoms with E-state index in [4.69, 9.17) is 4.74 Å². The molecule has 13 heteroatoms. The summed E-state index contributed by atoms with van der Waals surface area (Å²) in [5, 5.41) is 17.2. The molecule has 0 bridgehead atoms. The zero-order chi connectivity index (χ0) is 27.2. The summed E-state index contributed by atoms with van der Waals surface area (Å²) in [6.45, 7) is 2.33. The maximum absolute atomic E-state index is 12.9. The van der Waals surface area contributed by atoms with Gasteiger partial charge in [-0.05, 0) is 37.5 Å². The van der Waals surface area contributed by atoms with Crippen molar-refractivity contribution in [2.24, 2.45) is 11.8 Å². The molecule has 2 fully saturated rings. The highest BCUT2D eigenvalue weighted by Crippen LogP contribution is 2.26. The van der Waals surface area contributed by atoms with Gasteiger partial charge in [0.1, 0.15) is 16.6 Å². The Morgan fingerprint density at radius 3 is 2.64 bits per heavy atom. The van der Waals surface area contributed by atoms with E-state index in [9.17, 15) is 19.5 Å². The number of aromatic nitrogens is 3. The van der Waals surface area contributed by atoms with Gasteiger partial charge in [0.15, 0.2) is 0 Å². The standard InChI is InChI=1S/C26H29N7O5S/c34-24(19-3-2-11-33(14-19)26(36)37)32-12-8-17(13-32)15-38-22-5-1-4-20(28-22)30-25(35)31-21-16-39-23(29-21)18-6-9-27-10-7-18/h1,4-7,9-10,16-17,19H,2-3,8,11-15H2,(H,36,37)(H2,28,30,31,35). The molecule has 2 unspecified atom stereocenters. The van der Waals surface area contributed by atoms with Crippen LogP contribution in [-0.4, -0.2) is 80.7 Å². The predicted octanol–water partition coefficient (Wildman–Crippen LogP) is 3.86. The lowest BCUT2D eigenvalue weighted by Gasteiger charge is -2.32. The van der Waals surface area contributed by atoms with Crippen molar-refractivity contribution in [1.82, 2.24) is 24.8 Å². The lowest BCUT2D eigenvalue weighted by atomic mass is 9.97. The zero-order valence-corrected chi connectivity index (χ0v) is 22.0. The molecule has 0 aromatic carbocycles. The Hall–Kier alpha value is -4.26. The van der Waals surface area contributed by atoms with E-state index in [-0.39, 0.29) is 24.3 Å². The molecule has 0 spiro atoms. The first kappa shape index (κ1) is 26.4. The number of nitrogens with zero attached hydrogens (tertiary/aromatic N) is 5. The van der Waals surface area contributed by atoms with Crippen molar-refractivity contribution in [1.29, 1.82) is 0 Å². The molecule has 204 valence electrons. The number of pyridine rings is 2. The summed E-state index contributed by atoms with van der Waals surface area (Å²) in [5.41, 5.74) is 0.920. The van der Waals surface area contributed by atoms with E-state index in [1.807, 2.05) is 17.0 Å². The number of hydrogen-bond donors (Lipinski definition) is 3. The average Bonchev–Trinajstić information content (AvgIpc) is 3.62. The van der Waals surface area contributed by atoms with Gasteiger partial charge in [0.05, 0.1) is 12.5 Å². The van der Waals surface area contributed by atoms with E-state index >= 15 is 0 Å². The van der Waals surface area contributed by atoms with Gasteiger partial charge in [-0.2, -0.15) is 4.98 Å². The fraction of sp³-hybridized carbons (Fsp3) is 0.385. The molecule has 5 rings (SSSR count). The molecule has 39 heavy (non-hydrogen) atoms. The minimum atomic E-state index is -0.972. The number of urea groups is 1. The van der Waals surface area contributed by atoms with E-state index in [0.29, 0.717) is 56.6 Å². The number of ether oxygens (including phenoxy) is 1. The van der Waals surface area contributed by atoms with Crippen LogP contribution in [0, 0.1) is 11.8 Å². The number of hydrogen-bond acceptors (Lipinski definition) is 8. The third kappa shape index (κ3) is 6.79. The van der Waals surface area contributed by atoms with Gasteiger partial charge < -0.3 is 19.6 Å². The van der Waals surface area contributed by atoms with Crippen LogP contribution < -0.4 is 15.4 Å². The molecule has 5 heterocycles. The zero-order valence-electron chi connectivity index (χ0n) is 21.2. The molecule has 2 saturated heterocycles. The van der Waals surface area contributed by atoms with Crippen LogP contribution in [0.1, 0.15) is 19.3 Å². The Morgan fingerprint density at radius 2 is 1.82 bits per heavy atom. The number of carboxylic acid groups (broad SMARTS) is 1. The van der Waals surface area contributed by atoms with Crippen LogP contribution in [0.3, 0.4) is 0 Å². The SMILES string of the molecule is O=C(Nc1cccc(OCC2CCN(C(=O)C3CCCN(C(=O)O)C3)C2)n1)Nc1csc(-c2ccncc2)n1. The number of carbonyl (C=O) groups is 3. The van der Waals surface area contributed by atoms with Crippen LogP contribution in [0.15, 0.2) is 48.1 Å². The molecular formula is C26H29N7O5S. The summed E-state index contributed by atoms with van der Waals surface area (Å²) in [7, 11) is 0. The highest BCUT2D eigenvalue weighted by molar-refractivity contribution is 7.13. The number of thiazole rings is 1. The summed E-state index contributed by atoms with van der Waals surface area (Å²) in [5.74, 6) is 1.02. The lowest BCUT2D eigenvalue weighted by molar-refractivity contribution is -0.136. The Balaban J connectivity index is 1.08. The van der Waals surface area contributed by atoms with Crippen molar-refractivity contribution in [2.75, 3.05) is 43.4 Å². The largest absolute Gasteiger partial charge is 0.477 e. The van der Waals surface area contributed by atoms with Crippen LogP contribution in [0.4, 0.5) is 21.2 Å². The minimum Gasteiger partial charge on any atom is -0.477 e. The Morgan fingerprint density at radius 1 is 1.00 bits per heavy atom. The van der Waals surface area contributed by atoms with Gasteiger partial charge in [0, 0.05) is 61.5 Å². The van der Waals surface area contributed by atoms with Crippen LogP contribution >= 0.6 is 11.3 Å². The van der Waals surface area contributed by atoms with Crippen molar-refractivity contribution in [3.8, 4) is 16.5 Å². The Bertz CT molecular complexity index is 1320. The molecular weight excluding hydrogens is 522 g/mol. The molecule has 3 aromatic rings. The number of amides is 4. The van der Waals surface area contributed by atoms with Gasteiger partial charge in [0.2, 0.25) is 11.8 Å². The molecule has 0 saturated carbocycles. The molecule has 3 aromatic heterocycles. The van der Waals surface area contributed by atoms with Crippen molar-refractivity contribution in [2.45, 2.75) is 19.3 Å². The Kier molecular flexibility index (Phi) is 8.16. The first-order valence-electron chi connectivity index (χ1n) is 12.7. The molecule has 3 N–H and O–H groups in total. The summed E-state index contributed by atoms with van der Waals surface area (Å²) in [4.78, 5) is 52.6. The van der Waals surface area contributed by atoms with Gasteiger partial charge in [0.25, 0.3) is 0 Å². The van der Waals surface area contributed by atoms with Gasteiger partial charge in [-0.15, -0.1) is 11.3 Å². The van der Waals surface area contributed by atoms with Crippen LogP contribution in [0.2, 0.25) is 0 Å². The van der Waals surface area contributed by atoms with Gasteiger partial charge in [-0.1, -0.05) is 6.07 Å². The first-order valence-corrected chi connectivity index (χ1v) is 13.6. The number of piperidine rings is 1. The van der Waals surface area contributed by atoms with Crippen molar-refractivity contribution in [3.05, 3.63) is 48.1 Å². The van der Waals surface area contributed by atoms with Crippen molar-refractivity contribution in [3.63, 3.8) is 0 Å². The van der Waals surface area contributed by atoms with Crippen molar-refractivity contribution >= 4 is 41.0 Å². The molecule has 12 nitrogen and oxygen atoms in total. The molecule has 2 aliphatic rings. The number of carbonyl (C=O) groups excluding carboxylic acids is 2. The number of nitrogens with one attached hydrogen (secondary N) is 2. The van der Waals surface area contributed by atoms with Crippen molar-refractivity contribution < 1.29 is 24.2 Å². The number of rotatable bonds is 7. The molecule has 4 amide bonds. The predicted molar refractivity (Wildman–Crippen MR) is 145 cm³/mol. The van der Waals surface area contributed by atoms with E-state index in [0.717, 1.165) is 17.0 Å². The van der Waals surface area contributed by atoms with E-state index in [1.54, 1.807) is 36.0 Å². The Labute approximate surface area is 229 Å². The topological polar surface area (TPSA) is 150 Å². The second kappa shape index (κ2) is 12.1. The fourth-order valence-electron chi connectivity index (χ4n) is 4.77. The number of likely N-dealkylation sites (tertiary alicyclic amines) is 2. The second-order valence-corrected chi connectivity index (χ2v) is 10.4. The normalized spacial score (nSPS) is 19.0. The van der Waals surface area contributed by atoms with Crippen LogP contribution in [-0.2, 0) is 4.79 Å². The molecule has 2 atom stereocenters. The maximum atomic E-state index is 12.9. The van der Waals surface area contributed by atoms with Gasteiger partial charge >= 0.3 is 12.1 Å². The highest BCUT2D eigenvalue weighted by Gasteiger charge is 2.34. The van der Waals surface area contributed by atoms with Crippen LogP contribution in [0.5, 0.6) is 5.88 Å². The molecule has 0 aliphatic carbocycles. The first-order chi connectivity index (χ1) is 18.9. The van der Waals surface area contributed by atoms with Gasteiger partial charge in [-0.3, -0.25) is 20.4 Å². The second-order valence-electron chi connectivity index (χ2n) is 9.53. The summed E-state index contributed by atoms with van der Waals surface area (Å²) < 4.78 is 5.88. The quantitative estimate of drug-likeness (QED) is 0.401. The number of anilines is 2. The fourth-order valence-corrected chi connectivity index (χ4v) is 5.53. The summed E-state index contributed by atoms with van der Waals surface area (Å²) in [6, 6.07) is 8.35. The van der Waals surface area contributed by atoms with E-state index < -0.39 is 12.1 Å². The lowest BCUT2D eigenvalue weighted by Crippen LogP contribution is -2.46. The molecule has 2 aliphatic heterocycles. The van der Waals surface area contributed by atoms with Crippen LogP contribution in [0.25, 0.3) is 10.6 Å².